The van der Waals surface area contributed by atoms with Crippen LogP contribution in [0.5, 0.6) is 11.5 Å². The van der Waals surface area contributed by atoms with Crippen molar-refractivity contribution in [3.8, 4) is 11.5 Å². The third-order valence-electron chi connectivity index (χ3n) is 4.53. The Hall–Kier alpha value is -3.59. The fraction of sp³-hybridized carbons (Fsp3) is 0.238. The first-order valence-corrected chi connectivity index (χ1v) is 9.47. The fourth-order valence-corrected chi connectivity index (χ4v) is 3.28. The minimum absolute atomic E-state index is 0.196. The van der Waals surface area contributed by atoms with E-state index < -0.39 is 17.3 Å². The number of ether oxygens (including phenoxy) is 3. The third kappa shape index (κ3) is 4.46. The highest BCUT2D eigenvalue weighted by atomic mass is 35.5. The molecule has 3 aromatic rings. The largest absolute Gasteiger partial charge is 0.495 e. The fourth-order valence-electron chi connectivity index (χ4n) is 3.04. The van der Waals surface area contributed by atoms with Gasteiger partial charge in [-0.15, -0.1) is 0 Å². The van der Waals surface area contributed by atoms with Crippen molar-refractivity contribution in [1.29, 1.82) is 0 Å². The maximum atomic E-state index is 12.8. The summed E-state index contributed by atoms with van der Waals surface area (Å²) in [6.45, 7) is 1.52. The molecule has 162 valence electrons. The summed E-state index contributed by atoms with van der Waals surface area (Å²) < 4.78 is 16.5. The third-order valence-corrected chi connectivity index (χ3v) is 4.82. The molecule has 1 aromatic carbocycles. The molecule has 0 bridgehead atoms. The smallest absolute Gasteiger partial charge is 0.343 e. The highest BCUT2D eigenvalue weighted by Crippen LogP contribution is 2.35. The molecule has 9 nitrogen and oxygen atoms in total. The number of halogens is 1. The lowest BCUT2D eigenvalue weighted by Crippen LogP contribution is -2.25. The Bertz CT molecular complexity index is 1240. The number of aromatic nitrogens is 2. The van der Waals surface area contributed by atoms with Gasteiger partial charge in [0.25, 0.3) is 0 Å². The van der Waals surface area contributed by atoms with E-state index in [-0.39, 0.29) is 28.2 Å². The SMILES string of the molecule is COC(=O)c1cn(CC(=O)Nc2cc(Cl)c(OC)cc2OC)c2nc(C)ccc2c1=O. The van der Waals surface area contributed by atoms with Gasteiger partial charge in [-0.2, -0.15) is 0 Å². The molecule has 0 saturated heterocycles. The van der Waals surface area contributed by atoms with E-state index in [1.807, 2.05) is 0 Å². The molecule has 31 heavy (non-hydrogen) atoms. The van der Waals surface area contributed by atoms with Crippen LogP contribution in [0.15, 0.2) is 35.3 Å². The molecule has 0 radical (unpaired) electrons. The quantitative estimate of drug-likeness (QED) is 0.581. The number of hydrogen-bond donors (Lipinski definition) is 1. The zero-order valence-corrected chi connectivity index (χ0v) is 18.1. The van der Waals surface area contributed by atoms with Crippen molar-refractivity contribution in [3.63, 3.8) is 0 Å². The molecule has 3 rings (SSSR count). The van der Waals surface area contributed by atoms with E-state index in [4.69, 9.17) is 25.8 Å². The van der Waals surface area contributed by atoms with Gasteiger partial charge in [0.2, 0.25) is 11.3 Å². The summed E-state index contributed by atoms with van der Waals surface area (Å²) in [7, 11) is 4.09. The van der Waals surface area contributed by atoms with Crippen molar-refractivity contribution >= 4 is 40.2 Å². The number of pyridine rings is 2. The molecule has 1 amide bonds. The van der Waals surface area contributed by atoms with E-state index in [1.165, 1.54) is 38.2 Å². The molecule has 0 unspecified atom stereocenters. The number of anilines is 1. The van der Waals surface area contributed by atoms with Crippen molar-refractivity contribution in [1.82, 2.24) is 9.55 Å². The monoisotopic (exact) mass is 445 g/mol. The topological polar surface area (TPSA) is 109 Å². The molecule has 0 spiro atoms. The lowest BCUT2D eigenvalue weighted by Gasteiger charge is -2.15. The number of carbonyl (C=O) groups is 2. The Labute approximate surface area is 182 Å². The highest BCUT2D eigenvalue weighted by molar-refractivity contribution is 6.32. The van der Waals surface area contributed by atoms with Gasteiger partial charge in [0.05, 0.1) is 37.4 Å². The minimum atomic E-state index is -0.801. The molecule has 0 aliphatic rings. The van der Waals surface area contributed by atoms with E-state index in [0.717, 1.165) is 0 Å². The van der Waals surface area contributed by atoms with Crippen LogP contribution in [0.1, 0.15) is 16.1 Å². The molecule has 0 atom stereocenters. The first kappa shape index (κ1) is 22.1. The van der Waals surface area contributed by atoms with E-state index >= 15 is 0 Å². The molecule has 1 N–H and O–H groups in total. The Balaban J connectivity index is 2.01. The number of amides is 1. The van der Waals surface area contributed by atoms with Crippen LogP contribution in [0.3, 0.4) is 0 Å². The van der Waals surface area contributed by atoms with Crippen molar-refractivity contribution in [2.45, 2.75) is 13.5 Å². The van der Waals surface area contributed by atoms with Crippen molar-refractivity contribution in [2.24, 2.45) is 0 Å². The van der Waals surface area contributed by atoms with Crippen LogP contribution in [0, 0.1) is 6.92 Å². The van der Waals surface area contributed by atoms with Crippen molar-refractivity contribution in [3.05, 3.63) is 57.0 Å². The molecule has 0 fully saturated rings. The molecule has 0 aliphatic heterocycles. The van der Waals surface area contributed by atoms with Gasteiger partial charge in [0, 0.05) is 18.0 Å². The van der Waals surface area contributed by atoms with Gasteiger partial charge in [0.1, 0.15) is 29.3 Å². The van der Waals surface area contributed by atoms with Gasteiger partial charge in [-0.3, -0.25) is 9.59 Å². The van der Waals surface area contributed by atoms with E-state index in [0.29, 0.717) is 22.9 Å². The van der Waals surface area contributed by atoms with Crippen LogP contribution in [0.4, 0.5) is 5.69 Å². The Morgan fingerprint density at radius 3 is 2.48 bits per heavy atom. The summed E-state index contributed by atoms with van der Waals surface area (Å²) in [5.41, 5.74) is 0.539. The predicted molar refractivity (Wildman–Crippen MR) is 115 cm³/mol. The maximum absolute atomic E-state index is 12.8. The molecule has 10 heteroatoms. The number of methoxy groups -OCH3 is 3. The van der Waals surface area contributed by atoms with E-state index in [9.17, 15) is 14.4 Å². The maximum Gasteiger partial charge on any atom is 0.343 e. The van der Waals surface area contributed by atoms with Gasteiger partial charge in [-0.1, -0.05) is 11.6 Å². The van der Waals surface area contributed by atoms with Gasteiger partial charge in [-0.05, 0) is 25.1 Å². The summed E-state index contributed by atoms with van der Waals surface area (Å²) in [6.07, 6.45) is 1.26. The Morgan fingerprint density at radius 1 is 1.13 bits per heavy atom. The van der Waals surface area contributed by atoms with Crippen LogP contribution >= 0.6 is 11.6 Å². The molecule has 2 heterocycles. The zero-order chi connectivity index (χ0) is 22.7. The average molecular weight is 446 g/mol. The summed E-state index contributed by atoms with van der Waals surface area (Å²) in [6, 6.07) is 6.27. The van der Waals surface area contributed by atoms with Crippen molar-refractivity contribution in [2.75, 3.05) is 26.6 Å². The average Bonchev–Trinajstić information content (AvgIpc) is 2.75. The number of nitrogens with zero attached hydrogens (tertiary/aromatic N) is 2. The second-order valence-electron chi connectivity index (χ2n) is 6.55. The molecule has 0 aliphatic carbocycles. The van der Waals surface area contributed by atoms with Crippen molar-refractivity contribution < 1.29 is 23.8 Å². The predicted octanol–water partition coefficient (Wildman–Crippen LogP) is 2.80. The minimum Gasteiger partial charge on any atom is -0.495 e. The Kier molecular flexibility index (Phi) is 6.45. The van der Waals surface area contributed by atoms with Gasteiger partial charge >= 0.3 is 5.97 Å². The van der Waals surface area contributed by atoms with Crippen LogP contribution < -0.4 is 20.2 Å². The molecular weight excluding hydrogens is 426 g/mol. The lowest BCUT2D eigenvalue weighted by molar-refractivity contribution is -0.116. The normalized spacial score (nSPS) is 10.6. The number of fused-ring (bicyclic) bond motifs is 1. The summed E-state index contributed by atoms with van der Waals surface area (Å²) in [5.74, 6) is -0.511. The van der Waals surface area contributed by atoms with Gasteiger partial charge in [-0.25, -0.2) is 9.78 Å². The zero-order valence-electron chi connectivity index (χ0n) is 17.3. The molecule has 2 aromatic heterocycles. The highest BCUT2D eigenvalue weighted by Gasteiger charge is 2.19. The second kappa shape index (κ2) is 9.05. The van der Waals surface area contributed by atoms with Crippen LogP contribution in [0.25, 0.3) is 11.0 Å². The summed E-state index contributed by atoms with van der Waals surface area (Å²) >= 11 is 6.15. The number of hydrogen-bond acceptors (Lipinski definition) is 7. The summed E-state index contributed by atoms with van der Waals surface area (Å²) in [4.78, 5) is 41.9. The first-order valence-electron chi connectivity index (χ1n) is 9.09. The number of rotatable bonds is 6. The Morgan fingerprint density at radius 2 is 1.84 bits per heavy atom. The molecule has 0 saturated carbocycles. The number of benzene rings is 1. The number of esters is 1. The number of carbonyl (C=O) groups excluding carboxylic acids is 2. The van der Waals surface area contributed by atoms with E-state index in [2.05, 4.69) is 10.3 Å². The van der Waals surface area contributed by atoms with Gasteiger partial charge in [0.15, 0.2) is 0 Å². The van der Waals surface area contributed by atoms with Crippen LogP contribution in [0.2, 0.25) is 5.02 Å². The van der Waals surface area contributed by atoms with Crippen LogP contribution in [-0.4, -0.2) is 42.8 Å². The van der Waals surface area contributed by atoms with Crippen LogP contribution in [-0.2, 0) is 16.1 Å². The standard InChI is InChI=1S/C21H20ClN3O6/c1-11-5-6-12-19(27)13(21(28)31-4)9-25(20(12)23-11)10-18(26)24-15-7-14(22)16(29-2)8-17(15)30-3/h5-9H,10H2,1-4H3,(H,24,26). The second-order valence-corrected chi connectivity index (χ2v) is 6.96. The number of aryl methyl sites for hydroxylation is 1. The lowest BCUT2D eigenvalue weighted by atomic mass is 10.2. The molecular formula is C21H20ClN3O6. The van der Waals surface area contributed by atoms with Gasteiger partial charge < -0.3 is 24.1 Å². The summed E-state index contributed by atoms with van der Waals surface area (Å²) in [5, 5.41) is 3.20. The van der Waals surface area contributed by atoms with E-state index in [1.54, 1.807) is 25.1 Å². The first-order chi connectivity index (χ1) is 14.8. The number of nitrogens with one attached hydrogen (secondary N) is 1.